The summed E-state index contributed by atoms with van der Waals surface area (Å²) < 4.78 is 2.00. The molecule has 5 nitrogen and oxygen atoms in total. The molecule has 0 radical (unpaired) electrons. The van der Waals surface area contributed by atoms with Gasteiger partial charge in [0.15, 0.2) is 0 Å². The van der Waals surface area contributed by atoms with Crippen molar-refractivity contribution in [3.8, 4) is 5.69 Å². The van der Waals surface area contributed by atoms with Crippen molar-refractivity contribution in [1.82, 2.24) is 9.88 Å². The maximum absolute atomic E-state index is 12.8. The largest absolute Gasteiger partial charge is 0.333 e. The van der Waals surface area contributed by atoms with E-state index in [0.717, 1.165) is 21.8 Å². The normalized spacial score (nSPS) is 15.4. The van der Waals surface area contributed by atoms with Crippen LogP contribution in [0.2, 0.25) is 5.02 Å². The number of anilines is 1. The third kappa shape index (κ3) is 3.10. The van der Waals surface area contributed by atoms with Gasteiger partial charge in [-0.15, -0.1) is 0 Å². The average Bonchev–Trinajstić information content (AvgIpc) is 3.23. The Balaban J connectivity index is 1.71. The second kappa shape index (κ2) is 7.02. The number of benzene rings is 2. The van der Waals surface area contributed by atoms with E-state index < -0.39 is 11.9 Å². The number of nitrogens with one attached hydrogen (secondary N) is 1. The van der Waals surface area contributed by atoms with Crippen molar-refractivity contribution < 1.29 is 9.59 Å². The fraction of sp³-hybridized carbons (Fsp3) is 0.0909. The number of aromatic nitrogens is 1. The molecule has 1 saturated heterocycles. The zero-order chi connectivity index (χ0) is 19.8. The van der Waals surface area contributed by atoms with Gasteiger partial charge >= 0.3 is 6.03 Å². The number of carbonyl (C=O) groups is 2. The number of urea groups is 1. The quantitative estimate of drug-likeness (QED) is 0.512. The van der Waals surface area contributed by atoms with Gasteiger partial charge in [-0.1, -0.05) is 23.7 Å². The molecule has 0 saturated carbocycles. The van der Waals surface area contributed by atoms with Gasteiger partial charge in [-0.2, -0.15) is 0 Å². The molecule has 1 N–H and O–H groups in total. The number of hydrogen-bond acceptors (Lipinski definition) is 2. The first kappa shape index (κ1) is 18.1. The summed E-state index contributed by atoms with van der Waals surface area (Å²) in [5, 5.41) is 3.20. The molecular weight excluding hydrogens is 374 g/mol. The molecule has 0 aliphatic carbocycles. The number of carbonyl (C=O) groups excluding carboxylic acids is 2. The summed E-state index contributed by atoms with van der Waals surface area (Å²) in [5.41, 5.74) is 4.87. The van der Waals surface area contributed by atoms with Gasteiger partial charge in [0.05, 0.1) is 5.69 Å². The molecule has 0 atom stereocenters. The van der Waals surface area contributed by atoms with E-state index in [1.807, 2.05) is 35.0 Å². The first-order chi connectivity index (χ1) is 13.5. The zero-order valence-corrected chi connectivity index (χ0v) is 16.2. The van der Waals surface area contributed by atoms with Crippen molar-refractivity contribution in [1.29, 1.82) is 0 Å². The van der Waals surface area contributed by atoms with Gasteiger partial charge in [0, 0.05) is 22.6 Å². The van der Waals surface area contributed by atoms with E-state index in [9.17, 15) is 9.59 Å². The van der Waals surface area contributed by atoms with Crippen LogP contribution in [0.25, 0.3) is 11.8 Å². The summed E-state index contributed by atoms with van der Waals surface area (Å²) in [7, 11) is 0. The lowest BCUT2D eigenvalue weighted by molar-refractivity contribution is -0.113. The molecule has 2 heterocycles. The minimum Gasteiger partial charge on any atom is -0.317 e. The van der Waals surface area contributed by atoms with Crippen LogP contribution in [0.5, 0.6) is 0 Å². The lowest BCUT2D eigenvalue weighted by Gasteiger charge is -2.12. The lowest BCUT2D eigenvalue weighted by Crippen LogP contribution is -2.30. The van der Waals surface area contributed by atoms with Crippen LogP contribution in [0, 0.1) is 13.8 Å². The van der Waals surface area contributed by atoms with Gasteiger partial charge in [-0.05, 0) is 73.5 Å². The lowest BCUT2D eigenvalue weighted by atomic mass is 10.1. The van der Waals surface area contributed by atoms with E-state index in [4.69, 9.17) is 11.6 Å². The number of halogens is 1. The summed E-state index contributed by atoms with van der Waals surface area (Å²) in [4.78, 5) is 26.3. The van der Waals surface area contributed by atoms with Crippen molar-refractivity contribution in [3.63, 3.8) is 0 Å². The van der Waals surface area contributed by atoms with Gasteiger partial charge < -0.3 is 9.88 Å². The SMILES string of the molecule is Cc1cccc(-n2cccc2/C=C2/NC(=O)N(c3ccc(Cl)cc3)C2=O)c1C. The Morgan fingerprint density at radius 3 is 2.46 bits per heavy atom. The molecular formula is C22H18ClN3O2. The maximum Gasteiger partial charge on any atom is 0.333 e. The van der Waals surface area contributed by atoms with Crippen LogP contribution in [0.3, 0.4) is 0 Å². The Morgan fingerprint density at radius 2 is 1.71 bits per heavy atom. The fourth-order valence-corrected chi connectivity index (χ4v) is 3.36. The van der Waals surface area contributed by atoms with Crippen molar-refractivity contribution in [2.75, 3.05) is 4.90 Å². The third-order valence-electron chi connectivity index (χ3n) is 4.87. The zero-order valence-electron chi connectivity index (χ0n) is 15.4. The number of amides is 3. The molecule has 3 aromatic rings. The van der Waals surface area contributed by atoms with Crippen LogP contribution >= 0.6 is 11.6 Å². The monoisotopic (exact) mass is 391 g/mol. The highest BCUT2D eigenvalue weighted by molar-refractivity contribution is 6.31. The highest BCUT2D eigenvalue weighted by Crippen LogP contribution is 2.25. The van der Waals surface area contributed by atoms with Crippen molar-refractivity contribution in [2.45, 2.75) is 13.8 Å². The Bertz CT molecular complexity index is 1110. The average molecular weight is 392 g/mol. The minimum atomic E-state index is -0.483. The van der Waals surface area contributed by atoms with Crippen LogP contribution in [0.1, 0.15) is 16.8 Å². The molecule has 0 bridgehead atoms. The van der Waals surface area contributed by atoms with Gasteiger partial charge in [0.2, 0.25) is 0 Å². The number of hydrogen-bond donors (Lipinski definition) is 1. The molecule has 0 unspecified atom stereocenters. The summed E-state index contributed by atoms with van der Waals surface area (Å²) in [6.45, 7) is 4.12. The predicted octanol–water partition coefficient (Wildman–Crippen LogP) is 4.84. The van der Waals surface area contributed by atoms with E-state index in [1.54, 1.807) is 30.3 Å². The molecule has 1 aliphatic heterocycles. The van der Waals surface area contributed by atoms with Crippen molar-refractivity contribution in [3.05, 3.63) is 88.3 Å². The maximum atomic E-state index is 12.8. The standard InChI is InChI=1S/C22H18ClN3O2/c1-14-5-3-7-20(15(14)2)25-12-4-6-18(25)13-19-21(27)26(22(28)24-19)17-10-8-16(23)9-11-17/h3-13H,1-2H3,(H,24,28)/b19-13+. The van der Waals surface area contributed by atoms with Crippen LogP contribution in [0.15, 0.2) is 66.5 Å². The van der Waals surface area contributed by atoms with E-state index in [-0.39, 0.29) is 5.70 Å². The Hall–Kier alpha value is -3.31. The highest BCUT2D eigenvalue weighted by Gasteiger charge is 2.35. The Labute approximate surface area is 167 Å². The van der Waals surface area contributed by atoms with Crippen LogP contribution in [0.4, 0.5) is 10.5 Å². The molecule has 1 aromatic heterocycles. The number of imide groups is 1. The number of aryl methyl sites for hydroxylation is 1. The summed E-state index contributed by atoms with van der Waals surface area (Å²) in [5.74, 6) is -0.402. The van der Waals surface area contributed by atoms with Crippen LogP contribution in [-0.4, -0.2) is 16.5 Å². The Morgan fingerprint density at radius 1 is 0.964 bits per heavy atom. The first-order valence-corrected chi connectivity index (χ1v) is 9.20. The van der Waals surface area contributed by atoms with Gasteiger partial charge in [-0.25, -0.2) is 9.69 Å². The van der Waals surface area contributed by atoms with Crippen LogP contribution in [-0.2, 0) is 4.79 Å². The summed E-state index contributed by atoms with van der Waals surface area (Å²) in [6.07, 6.45) is 3.63. The van der Waals surface area contributed by atoms with Gasteiger partial charge in [0.25, 0.3) is 5.91 Å². The number of rotatable bonds is 3. The number of nitrogens with zero attached hydrogens (tertiary/aromatic N) is 2. The topological polar surface area (TPSA) is 54.3 Å². The second-order valence-corrected chi connectivity index (χ2v) is 7.06. The minimum absolute atomic E-state index is 0.227. The van der Waals surface area contributed by atoms with E-state index >= 15 is 0 Å². The molecule has 1 fully saturated rings. The van der Waals surface area contributed by atoms with E-state index in [0.29, 0.717) is 10.7 Å². The molecule has 28 heavy (non-hydrogen) atoms. The van der Waals surface area contributed by atoms with E-state index in [1.165, 1.54) is 5.56 Å². The first-order valence-electron chi connectivity index (χ1n) is 8.82. The molecule has 2 aromatic carbocycles. The summed E-state index contributed by atoms with van der Waals surface area (Å²) in [6, 6.07) is 16.0. The Kier molecular flexibility index (Phi) is 4.53. The van der Waals surface area contributed by atoms with Crippen molar-refractivity contribution >= 4 is 35.3 Å². The van der Waals surface area contributed by atoms with Crippen molar-refractivity contribution in [2.24, 2.45) is 0 Å². The smallest absolute Gasteiger partial charge is 0.317 e. The van der Waals surface area contributed by atoms with E-state index in [2.05, 4.69) is 25.2 Å². The van der Waals surface area contributed by atoms with Crippen LogP contribution < -0.4 is 10.2 Å². The van der Waals surface area contributed by atoms with Gasteiger partial charge in [-0.3, -0.25) is 4.79 Å². The van der Waals surface area contributed by atoms with Gasteiger partial charge in [0.1, 0.15) is 5.70 Å². The predicted molar refractivity (Wildman–Crippen MR) is 111 cm³/mol. The molecule has 140 valence electrons. The molecule has 0 spiro atoms. The molecule has 3 amide bonds. The molecule has 6 heteroatoms. The third-order valence-corrected chi connectivity index (χ3v) is 5.12. The second-order valence-electron chi connectivity index (χ2n) is 6.63. The molecule has 1 aliphatic rings. The summed E-state index contributed by atoms with van der Waals surface area (Å²) >= 11 is 5.90. The highest BCUT2D eigenvalue weighted by atomic mass is 35.5. The fourth-order valence-electron chi connectivity index (χ4n) is 3.24. The molecule has 4 rings (SSSR count).